The molecular weight excluding hydrogens is 336 g/mol. The number of carbonyl (C=O) groups excluding carboxylic acids is 2. The number of para-hydroxylation sites is 1. The molecule has 26 heavy (non-hydrogen) atoms. The van der Waals surface area contributed by atoms with E-state index in [1.54, 1.807) is 0 Å². The molecular formula is C18H22N4O4. The Kier molecular flexibility index (Phi) is 5.22. The molecule has 138 valence electrons. The summed E-state index contributed by atoms with van der Waals surface area (Å²) < 4.78 is 0. The number of nitrogens with one attached hydrogen (secondary N) is 2. The molecule has 1 fully saturated rings. The molecule has 3 rings (SSSR count). The van der Waals surface area contributed by atoms with Crippen molar-refractivity contribution in [1.82, 2.24) is 15.2 Å². The van der Waals surface area contributed by atoms with E-state index in [4.69, 9.17) is 10.8 Å². The molecule has 8 nitrogen and oxygen atoms in total. The number of likely N-dealkylation sites (tertiary alicyclic amines) is 1. The van der Waals surface area contributed by atoms with Crippen LogP contribution in [-0.4, -0.2) is 57.9 Å². The average molecular weight is 358 g/mol. The van der Waals surface area contributed by atoms with Crippen LogP contribution < -0.4 is 11.1 Å². The summed E-state index contributed by atoms with van der Waals surface area (Å²) in [5, 5.41) is 12.0. The molecule has 1 aliphatic heterocycles. The van der Waals surface area contributed by atoms with Crippen LogP contribution in [0.2, 0.25) is 0 Å². The summed E-state index contributed by atoms with van der Waals surface area (Å²) in [6, 6.07) is 6.36. The molecule has 2 aromatic rings. The summed E-state index contributed by atoms with van der Waals surface area (Å²) in [7, 11) is 0. The van der Waals surface area contributed by atoms with Crippen LogP contribution in [0.25, 0.3) is 10.9 Å². The fourth-order valence-corrected chi connectivity index (χ4v) is 3.42. The number of hydrogen-bond acceptors (Lipinski definition) is 4. The van der Waals surface area contributed by atoms with Crippen LogP contribution in [0.5, 0.6) is 0 Å². The summed E-state index contributed by atoms with van der Waals surface area (Å²) in [6.45, 7) is -0.00959. The lowest BCUT2D eigenvalue weighted by atomic mass is 10.0. The molecule has 0 saturated carbocycles. The third kappa shape index (κ3) is 3.70. The number of nitrogens with two attached hydrogens (primary N) is 1. The van der Waals surface area contributed by atoms with Crippen LogP contribution >= 0.6 is 0 Å². The first-order valence-corrected chi connectivity index (χ1v) is 8.58. The van der Waals surface area contributed by atoms with E-state index in [1.165, 1.54) is 4.90 Å². The Labute approximate surface area is 150 Å². The molecule has 8 heteroatoms. The van der Waals surface area contributed by atoms with Crippen LogP contribution in [0.1, 0.15) is 18.4 Å². The highest BCUT2D eigenvalue weighted by Crippen LogP contribution is 2.22. The highest BCUT2D eigenvalue weighted by Gasteiger charge is 2.36. The van der Waals surface area contributed by atoms with Gasteiger partial charge < -0.3 is 26.0 Å². The van der Waals surface area contributed by atoms with E-state index in [9.17, 15) is 14.4 Å². The van der Waals surface area contributed by atoms with Crippen LogP contribution in [-0.2, 0) is 20.8 Å². The maximum atomic E-state index is 12.8. The van der Waals surface area contributed by atoms with E-state index in [1.807, 2.05) is 30.5 Å². The molecule has 0 radical (unpaired) electrons. The Morgan fingerprint density at radius 2 is 2.12 bits per heavy atom. The molecule has 0 bridgehead atoms. The number of amides is 2. The normalized spacial score (nSPS) is 18.0. The van der Waals surface area contributed by atoms with Crippen molar-refractivity contribution in [1.29, 1.82) is 0 Å². The van der Waals surface area contributed by atoms with Crippen molar-refractivity contribution in [3.8, 4) is 0 Å². The number of carboxylic acids is 1. The molecule has 2 heterocycles. The van der Waals surface area contributed by atoms with E-state index in [-0.39, 0.29) is 5.91 Å². The van der Waals surface area contributed by atoms with Crippen molar-refractivity contribution < 1.29 is 19.5 Å². The summed E-state index contributed by atoms with van der Waals surface area (Å²) in [6.07, 6.45) is 3.41. The number of carboxylic acid groups (broad SMARTS) is 1. The van der Waals surface area contributed by atoms with Gasteiger partial charge in [0.1, 0.15) is 12.6 Å². The standard InChI is InChI=1S/C18H22N4O4/c19-13(8-11-9-20-14-5-2-1-4-12(11)14)18(26)22-7-3-6-15(22)17(25)21-10-16(23)24/h1-2,4-5,9,13,15,20H,3,6-8,10,19H2,(H,21,25)(H,23,24)/t13-,15-/m0/s1. The lowest BCUT2D eigenvalue weighted by Crippen LogP contribution is -2.52. The van der Waals surface area contributed by atoms with Crippen molar-refractivity contribution in [2.75, 3.05) is 13.1 Å². The number of fused-ring (bicyclic) bond motifs is 1. The van der Waals surface area contributed by atoms with Crippen LogP contribution in [0.3, 0.4) is 0 Å². The van der Waals surface area contributed by atoms with Gasteiger partial charge in [0.25, 0.3) is 0 Å². The monoisotopic (exact) mass is 358 g/mol. The number of H-pyrrole nitrogens is 1. The summed E-state index contributed by atoms with van der Waals surface area (Å²) >= 11 is 0. The van der Waals surface area contributed by atoms with Crippen LogP contribution in [0.15, 0.2) is 30.5 Å². The van der Waals surface area contributed by atoms with Crippen LogP contribution in [0.4, 0.5) is 0 Å². The SMILES string of the molecule is N[C@@H](Cc1c[nH]c2ccccc12)C(=O)N1CCC[C@H]1C(=O)NCC(=O)O. The molecule has 0 spiro atoms. The number of aliphatic carboxylic acids is 1. The number of nitrogens with zero attached hydrogens (tertiary/aromatic N) is 1. The van der Waals surface area contributed by atoms with Gasteiger partial charge in [0, 0.05) is 23.6 Å². The van der Waals surface area contributed by atoms with Crippen molar-refractivity contribution in [3.05, 3.63) is 36.0 Å². The van der Waals surface area contributed by atoms with Gasteiger partial charge in [0.15, 0.2) is 0 Å². The van der Waals surface area contributed by atoms with Gasteiger partial charge in [-0.05, 0) is 30.9 Å². The highest BCUT2D eigenvalue weighted by atomic mass is 16.4. The lowest BCUT2D eigenvalue weighted by molar-refractivity contribution is -0.141. The zero-order valence-corrected chi connectivity index (χ0v) is 14.3. The zero-order valence-electron chi connectivity index (χ0n) is 14.3. The molecule has 2 amide bonds. The van der Waals surface area contributed by atoms with Crippen molar-refractivity contribution in [2.45, 2.75) is 31.3 Å². The maximum absolute atomic E-state index is 12.8. The molecule has 0 unspecified atom stereocenters. The Morgan fingerprint density at radius 3 is 2.88 bits per heavy atom. The molecule has 1 saturated heterocycles. The van der Waals surface area contributed by atoms with Crippen molar-refractivity contribution in [2.24, 2.45) is 5.73 Å². The number of rotatable bonds is 6. The van der Waals surface area contributed by atoms with Crippen molar-refractivity contribution >= 4 is 28.7 Å². The number of aromatic nitrogens is 1. The Balaban J connectivity index is 1.67. The summed E-state index contributed by atoms with van der Waals surface area (Å²) in [4.78, 5) is 40.2. The predicted molar refractivity (Wildman–Crippen MR) is 95.4 cm³/mol. The van der Waals surface area contributed by atoms with Gasteiger partial charge in [-0.25, -0.2) is 0 Å². The Bertz CT molecular complexity index is 831. The predicted octanol–water partition coefficient (Wildman–Crippen LogP) is 0.230. The van der Waals surface area contributed by atoms with Crippen molar-refractivity contribution in [3.63, 3.8) is 0 Å². The molecule has 5 N–H and O–H groups in total. The minimum atomic E-state index is -1.12. The third-order valence-corrected chi connectivity index (χ3v) is 4.68. The molecule has 1 aromatic carbocycles. The number of carbonyl (C=O) groups is 3. The molecule has 1 aliphatic rings. The fraction of sp³-hybridized carbons (Fsp3) is 0.389. The van der Waals surface area contributed by atoms with Gasteiger partial charge in [0.05, 0.1) is 6.04 Å². The molecule has 0 aliphatic carbocycles. The van der Waals surface area contributed by atoms with Gasteiger partial charge in [-0.3, -0.25) is 14.4 Å². The van der Waals surface area contributed by atoms with E-state index in [0.717, 1.165) is 16.5 Å². The smallest absolute Gasteiger partial charge is 0.322 e. The third-order valence-electron chi connectivity index (χ3n) is 4.68. The van der Waals surface area contributed by atoms with E-state index < -0.39 is 30.5 Å². The van der Waals surface area contributed by atoms with Gasteiger partial charge in [-0.1, -0.05) is 18.2 Å². The second kappa shape index (κ2) is 7.57. The Hall–Kier alpha value is -2.87. The van der Waals surface area contributed by atoms with Gasteiger partial charge in [-0.15, -0.1) is 0 Å². The number of hydrogen-bond donors (Lipinski definition) is 4. The summed E-state index contributed by atoms with van der Waals surface area (Å²) in [5.41, 5.74) is 8.07. The van der Waals surface area contributed by atoms with E-state index in [2.05, 4.69) is 10.3 Å². The van der Waals surface area contributed by atoms with Gasteiger partial charge in [-0.2, -0.15) is 0 Å². The second-order valence-corrected chi connectivity index (χ2v) is 6.47. The number of aromatic amines is 1. The van der Waals surface area contributed by atoms with E-state index >= 15 is 0 Å². The average Bonchev–Trinajstić information content (AvgIpc) is 3.26. The minimum Gasteiger partial charge on any atom is -0.480 e. The Morgan fingerprint density at radius 1 is 1.35 bits per heavy atom. The number of benzene rings is 1. The zero-order chi connectivity index (χ0) is 18.7. The highest BCUT2D eigenvalue weighted by molar-refractivity contribution is 5.92. The maximum Gasteiger partial charge on any atom is 0.322 e. The van der Waals surface area contributed by atoms with Crippen LogP contribution in [0, 0.1) is 0 Å². The molecule has 2 atom stereocenters. The first kappa shape index (κ1) is 17.9. The molecule has 1 aromatic heterocycles. The topological polar surface area (TPSA) is 129 Å². The fourth-order valence-electron chi connectivity index (χ4n) is 3.42. The largest absolute Gasteiger partial charge is 0.480 e. The second-order valence-electron chi connectivity index (χ2n) is 6.47. The van der Waals surface area contributed by atoms with E-state index in [0.29, 0.717) is 25.8 Å². The lowest BCUT2D eigenvalue weighted by Gasteiger charge is -2.26. The first-order chi connectivity index (χ1) is 12.5. The van der Waals surface area contributed by atoms with Gasteiger partial charge >= 0.3 is 5.97 Å². The van der Waals surface area contributed by atoms with Gasteiger partial charge in [0.2, 0.25) is 11.8 Å². The minimum absolute atomic E-state index is 0.289. The quantitative estimate of drug-likeness (QED) is 0.587. The summed E-state index contributed by atoms with van der Waals surface area (Å²) in [5.74, 6) is -1.86. The first-order valence-electron chi connectivity index (χ1n) is 8.58.